The normalized spacial score (nSPS) is 12.4. The first-order chi connectivity index (χ1) is 11.6. The summed E-state index contributed by atoms with van der Waals surface area (Å²) in [5.41, 5.74) is 1.13. The quantitative estimate of drug-likeness (QED) is 0.794. The molecule has 0 unspecified atom stereocenters. The van der Waals surface area contributed by atoms with E-state index in [1.165, 1.54) is 0 Å². The largest absolute Gasteiger partial charge is 0.441 e. The second-order valence-corrected chi connectivity index (χ2v) is 6.88. The van der Waals surface area contributed by atoms with E-state index >= 15 is 0 Å². The van der Waals surface area contributed by atoms with E-state index in [0.717, 1.165) is 5.56 Å². The Morgan fingerprint density at radius 2 is 1.80 bits per heavy atom. The van der Waals surface area contributed by atoms with E-state index in [-0.39, 0.29) is 11.4 Å². The SMILES string of the molecule is Cc1ncc(-c2ccc(NC(=O)N[C@@H](C)C(=O)NC(C)(C)C)cc2)o1. The van der Waals surface area contributed by atoms with Gasteiger partial charge in [0.2, 0.25) is 5.91 Å². The molecule has 0 aliphatic heterocycles. The van der Waals surface area contributed by atoms with Crippen molar-refractivity contribution in [1.29, 1.82) is 0 Å². The number of carbonyl (C=O) groups is 2. The van der Waals surface area contributed by atoms with Crippen LogP contribution in [-0.2, 0) is 4.79 Å². The smallest absolute Gasteiger partial charge is 0.319 e. The third-order valence-corrected chi connectivity index (χ3v) is 3.29. The second-order valence-electron chi connectivity index (χ2n) is 6.88. The molecule has 0 spiro atoms. The van der Waals surface area contributed by atoms with E-state index in [4.69, 9.17) is 4.42 Å². The molecule has 0 radical (unpaired) electrons. The van der Waals surface area contributed by atoms with Gasteiger partial charge in [-0.05, 0) is 52.0 Å². The average Bonchev–Trinajstić information content (AvgIpc) is 2.92. The molecule has 2 rings (SSSR count). The molecule has 7 heteroatoms. The first-order valence-corrected chi connectivity index (χ1v) is 8.06. The Hall–Kier alpha value is -2.83. The van der Waals surface area contributed by atoms with Crippen molar-refractivity contribution < 1.29 is 14.0 Å². The van der Waals surface area contributed by atoms with Gasteiger partial charge >= 0.3 is 6.03 Å². The van der Waals surface area contributed by atoms with Crippen LogP contribution in [0.3, 0.4) is 0 Å². The Morgan fingerprint density at radius 3 is 2.32 bits per heavy atom. The molecule has 1 heterocycles. The van der Waals surface area contributed by atoms with Gasteiger partial charge in [0.15, 0.2) is 11.7 Å². The Balaban J connectivity index is 1.91. The van der Waals surface area contributed by atoms with Gasteiger partial charge in [-0.2, -0.15) is 0 Å². The van der Waals surface area contributed by atoms with Crippen LogP contribution in [0.1, 0.15) is 33.6 Å². The van der Waals surface area contributed by atoms with Gasteiger partial charge in [0, 0.05) is 23.7 Å². The van der Waals surface area contributed by atoms with Crippen LogP contribution in [-0.4, -0.2) is 28.5 Å². The van der Waals surface area contributed by atoms with Crippen molar-refractivity contribution in [2.75, 3.05) is 5.32 Å². The van der Waals surface area contributed by atoms with E-state index in [0.29, 0.717) is 17.3 Å². The first-order valence-electron chi connectivity index (χ1n) is 8.06. The summed E-state index contributed by atoms with van der Waals surface area (Å²) < 4.78 is 5.45. The van der Waals surface area contributed by atoms with Crippen LogP contribution in [0.5, 0.6) is 0 Å². The van der Waals surface area contributed by atoms with Crippen LogP contribution < -0.4 is 16.0 Å². The molecule has 0 aliphatic rings. The van der Waals surface area contributed by atoms with Gasteiger partial charge in [-0.25, -0.2) is 9.78 Å². The molecule has 7 nitrogen and oxygen atoms in total. The van der Waals surface area contributed by atoms with Crippen molar-refractivity contribution in [2.45, 2.75) is 46.2 Å². The summed E-state index contributed by atoms with van der Waals surface area (Å²) in [5.74, 6) is 1.03. The maximum atomic E-state index is 12.0. The molecule has 0 saturated heterocycles. The van der Waals surface area contributed by atoms with Crippen LogP contribution in [0.15, 0.2) is 34.9 Å². The standard InChI is InChI=1S/C18H24N4O3/c1-11(16(23)22-18(3,4)5)20-17(24)21-14-8-6-13(7-9-14)15-10-19-12(2)25-15/h6-11H,1-5H3,(H,22,23)(H2,20,21,24)/t11-/m0/s1. The predicted octanol–water partition coefficient (Wildman–Crippen LogP) is 3.07. The number of rotatable bonds is 4. The van der Waals surface area contributed by atoms with E-state index < -0.39 is 12.1 Å². The Morgan fingerprint density at radius 1 is 1.16 bits per heavy atom. The number of benzene rings is 1. The number of hydrogen-bond donors (Lipinski definition) is 3. The van der Waals surface area contributed by atoms with E-state index in [9.17, 15) is 9.59 Å². The molecule has 0 saturated carbocycles. The van der Waals surface area contributed by atoms with Crippen molar-refractivity contribution >= 4 is 17.6 Å². The zero-order valence-electron chi connectivity index (χ0n) is 15.1. The molecule has 0 fully saturated rings. The van der Waals surface area contributed by atoms with Crippen LogP contribution in [0.25, 0.3) is 11.3 Å². The number of nitrogens with one attached hydrogen (secondary N) is 3. The Labute approximate surface area is 147 Å². The Kier molecular flexibility index (Phi) is 5.46. The molecular formula is C18H24N4O3. The van der Waals surface area contributed by atoms with E-state index in [1.54, 1.807) is 32.2 Å². The van der Waals surface area contributed by atoms with Crippen LogP contribution >= 0.6 is 0 Å². The van der Waals surface area contributed by atoms with Gasteiger partial charge in [0.1, 0.15) is 6.04 Å². The number of aryl methyl sites for hydroxylation is 1. The molecule has 1 atom stereocenters. The topological polar surface area (TPSA) is 96.3 Å². The predicted molar refractivity (Wildman–Crippen MR) is 96.2 cm³/mol. The fourth-order valence-electron chi connectivity index (χ4n) is 2.12. The van der Waals surface area contributed by atoms with Crippen LogP contribution in [0.2, 0.25) is 0 Å². The molecule has 2 aromatic rings. The molecule has 25 heavy (non-hydrogen) atoms. The minimum atomic E-state index is -0.643. The lowest BCUT2D eigenvalue weighted by molar-refractivity contribution is -0.123. The minimum Gasteiger partial charge on any atom is -0.441 e. The molecule has 3 amide bonds. The number of anilines is 1. The molecule has 1 aromatic carbocycles. The monoisotopic (exact) mass is 344 g/mol. The van der Waals surface area contributed by atoms with Gasteiger partial charge in [0.05, 0.1) is 6.20 Å². The van der Waals surface area contributed by atoms with Crippen molar-refractivity contribution in [3.8, 4) is 11.3 Å². The number of hydrogen-bond acceptors (Lipinski definition) is 4. The third kappa shape index (κ3) is 5.63. The van der Waals surface area contributed by atoms with Crippen LogP contribution in [0.4, 0.5) is 10.5 Å². The summed E-state index contributed by atoms with van der Waals surface area (Å²) in [4.78, 5) is 28.1. The summed E-state index contributed by atoms with van der Waals surface area (Å²) in [6.45, 7) is 9.07. The van der Waals surface area contributed by atoms with Crippen molar-refractivity contribution in [3.05, 3.63) is 36.4 Å². The summed E-state index contributed by atoms with van der Waals surface area (Å²) in [6, 6.07) is 6.08. The summed E-state index contributed by atoms with van der Waals surface area (Å²) in [6.07, 6.45) is 1.65. The third-order valence-electron chi connectivity index (χ3n) is 3.29. The van der Waals surface area contributed by atoms with Gasteiger partial charge in [-0.3, -0.25) is 4.79 Å². The van der Waals surface area contributed by atoms with Gasteiger partial charge in [-0.1, -0.05) is 0 Å². The molecule has 1 aromatic heterocycles. The lowest BCUT2D eigenvalue weighted by Crippen LogP contribution is -2.51. The van der Waals surface area contributed by atoms with Crippen LogP contribution in [0, 0.1) is 6.92 Å². The molecule has 134 valence electrons. The average molecular weight is 344 g/mol. The van der Waals surface area contributed by atoms with Crippen molar-refractivity contribution in [3.63, 3.8) is 0 Å². The summed E-state index contributed by atoms with van der Waals surface area (Å²) >= 11 is 0. The summed E-state index contributed by atoms with van der Waals surface area (Å²) in [7, 11) is 0. The second kappa shape index (κ2) is 7.38. The van der Waals surface area contributed by atoms with Crippen molar-refractivity contribution in [2.24, 2.45) is 0 Å². The van der Waals surface area contributed by atoms with E-state index in [1.807, 2.05) is 32.9 Å². The number of carbonyl (C=O) groups excluding carboxylic acids is 2. The number of amides is 3. The Bertz CT molecular complexity index is 744. The number of nitrogens with zero attached hydrogens (tertiary/aromatic N) is 1. The maximum Gasteiger partial charge on any atom is 0.319 e. The highest BCUT2D eigenvalue weighted by Gasteiger charge is 2.20. The van der Waals surface area contributed by atoms with E-state index in [2.05, 4.69) is 20.9 Å². The van der Waals surface area contributed by atoms with Gasteiger partial charge in [0.25, 0.3) is 0 Å². The maximum absolute atomic E-state index is 12.0. The fourth-order valence-corrected chi connectivity index (χ4v) is 2.12. The molecule has 0 bridgehead atoms. The van der Waals surface area contributed by atoms with Gasteiger partial charge in [-0.15, -0.1) is 0 Å². The lowest BCUT2D eigenvalue weighted by Gasteiger charge is -2.23. The zero-order valence-corrected chi connectivity index (χ0v) is 15.1. The summed E-state index contributed by atoms with van der Waals surface area (Å²) in [5, 5.41) is 8.13. The fraction of sp³-hybridized carbons (Fsp3) is 0.389. The highest BCUT2D eigenvalue weighted by molar-refractivity contribution is 5.93. The molecule has 3 N–H and O–H groups in total. The number of urea groups is 1. The number of oxazole rings is 1. The minimum absolute atomic E-state index is 0.237. The zero-order chi connectivity index (χ0) is 18.6. The lowest BCUT2D eigenvalue weighted by atomic mass is 10.1. The highest BCUT2D eigenvalue weighted by Crippen LogP contribution is 2.22. The molecule has 0 aliphatic carbocycles. The molecular weight excluding hydrogens is 320 g/mol. The van der Waals surface area contributed by atoms with Gasteiger partial charge < -0.3 is 20.4 Å². The number of aromatic nitrogens is 1. The first kappa shape index (κ1) is 18.5. The highest BCUT2D eigenvalue weighted by atomic mass is 16.4. The van der Waals surface area contributed by atoms with Crippen molar-refractivity contribution in [1.82, 2.24) is 15.6 Å².